The number of carbonyl (C=O) groups is 1. The fourth-order valence-electron chi connectivity index (χ4n) is 5.14. The van der Waals surface area contributed by atoms with Gasteiger partial charge in [-0.2, -0.15) is 0 Å². The molecule has 5 rings (SSSR count). The fourth-order valence-corrected chi connectivity index (χ4v) is 7.75. The Labute approximate surface area is 197 Å². The fraction of sp³-hybridized carbons (Fsp3) is 0.458. The first-order valence-electron chi connectivity index (χ1n) is 11.4. The van der Waals surface area contributed by atoms with Crippen molar-refractivity contribution in [3.63, 3.8) is 0 Å². The molecule has 1 aliphatic carbocycles. The van der Waals surface area contributed by atoms with Gasteiger partial charge < -0.3 is 4.90 Å². The molecule has 33 heavy (non-hydrogen) atoms. The van der Waals surface area contributed by atoms with Gasteiger partial charge in [0.15, 0.2) is 9.84 Å². The van der Waals surface area contributed by atoms with Gasteiger partial charge in [0, 0.05) is 23.0 Å². The van der Waals surface area contributed by atoms with Crippen LogP contribution in [-0.4, -0.2) is 52.4 Å². The predicted octanol–water partition coefficient (Wildman–Crippen LogP) is 3.39. The Bertz CT molecular complexity index is 1350. The van der Waals surface area contributed by atoms with Crippen LogP contribution in [0.5, 0.6) is 0 Å². The van der Waals surface area contributed by atoms with Crippen LogP contribution in [0.25, 0.3) is 21.3 Å². The molecule has 3 aromatic rings. The molecule has 1 aromatic carbocycles. The summed E-state index contributed by atoms with van der Waals surface area (Å²) in [4.78, 5) is 33.8. The molecule has 3 heterocycles. The van der Waals surface area contributed by atoms with E-state index in [1.807, 2.05) is 36.6 Å². The molecule has 1 saturated heterocycles. The van der Waals surface area contributed by atoms with E-state index in [-0.39, 0.29) is 41.6 Å². The minimum absolute atomic E-state index is 0.0174. The van der Waals surface area contributed by atoms with Crippen LogP contribution in [0.1, 0.15) is 37.7 Å². The van der Waals surface area contributed by atoms with Crippen molar-refractivity contribution in [2.45, 2.75) is 57.7 Å². The minimum Gasteiger partial charge on any atom is -0.334 e. The number of benzene rings is 1. The van der Waals surface area contributed by atoms with Crippen molar-refractivity contribution in [1.29, 1.82) is 0 Å². The zero-order valence-corrected chi connectivity index (χ0v) is 20.2. The van der Waals surface area contributed by atoms with Crippen LogP contribution in [0.2, 0.25) is 0 Å². The number of hydrogen-bond donors (Lipinski definition) is 0. The Morgan fingerprint density at radius 2 is 1.88 bits per heavy atom. The molecule has 1 atom stereocenters. The molecular weight excluding hydrogens is 458 g/mol. The van der Waals surface area contributed by atoms with Crippen LogP contribution < -0.4 is 5.56 Å². The van der Waals surface area contributed by atoms with Crippen molar-refractivity contribution < 1.29 is 13.2 Å². The molecular formula is C24H27N3O4S2. The van der Waals surface area contributed by atoms with Gasteiger partial charge in [0.2, 0.25) is 5.91 Å². The van der Waals surface area contributed by atoms with Gasteiger partial charge in [-0.3, -0.25) is 14.2 Å². The van der Waals surface area contributed by atoms with Crippen molar-refractivity contribution in [3.8, 4) is 11.1 Å². The number of hydrogen-bond acceptors (Lipinski definition) is 6. The van der Waals surface area contributed by atoms with Gasteiger partial charge >= 0.3 is 0 Å². The number of sulfone groups is 1. The van der Waals surface area contributed by atoms with Crippen molar-refractivity contribution in [3.05, 3.63) is 51.9 Å². The lowest BCUT2D eigenvalue weighted by atomic mass is 10.1. The zero-order valence-electron chi connectivity index (χ0n) is 18.6. The largest absolute Gasteiger partial charge is 0.334 e. The number of aryl methyl sites for hydroxylation is 1. The number of fused-ring (bicyclic) bond motifs is 1. The standard InChI is InChI=1S/C24H27N3O4S2/c1-16-6-8-17(9-7-16)20-13-32-23-22(20)24(29)26(15-25-23)12-21(28)27(18-4-2-3-5-18)19-10-11-33(30,31)14-19/h6-9,13,15,18-19H,2-5,10-12,14H2,1H3/t19-/m0/s1. The quantitative estimate of drug-likeness (QED) is 0.553. The lowest BCUT2D eigenvalue weighted by Gasteiger charge is -2.34. The van der Waals surface area contributed by atoms with E-state index in [0.717, 1.165) is 42.4 Å². The predicted molar refractivity (Wildman–Crippen MR) is 130 cm³/mol. The second-order valence-electron chi connectivity index (χ2n) is 9.17. The molecule has 0 spiro atoms. The Balaban J connectivity index is 1.48. The molecule has 0 N–H and O–H groups in total. The average molecular weight is 486 g/mol. The topological polar surface area (TPSA) is 89.3 Å². The van der Waals surface area contributed by atoms with Gasteiger partial charge in [-0.25, -0.2) is 13.4 Å². The Hall–Kier alpha value is -2.52. The van der Waals surface area contributed by atoms with Crippen molar-refractivity contribution >= 4 is 37.3 Å². The molecule has 2 aromatic heterocycles. The Kier molecular flexibility index (Phi) is 5.86. The van der Waals surface area contributed by atoms with Crippen molar-refractivity contribution in [1.82, 2.24) is 14.5 Å². The third-order valence-electron chi connectivity index (χ3n) is 6.84. The lowest BCUT2D eigenvalue weighted by Crippen LogP contribution is -2.49. The highest BCUT2D eigenvalue weighted by Crippen LogP contribution is 2.31. The zero-order chi connectivity index (χ0) is 23.2. The van der Waals surface area contributed by atoms with E-state index in [2.05, 4.69) is 4.98 Å². The molecule has 7 nitrogen and oxygen atoms in total. The first-order valence-corrected chi connectivity index (χ1v) is 14.1. The highest BCUT2D eigenvalue weighted by atomic mass is 32.2. The highest BCUT2D eigenvalue weighted by Gasteiger charge is 2.39. The summed E-state index contributed by atoms with van der Waals surface area (Å²) >= 11 is 1.42. The summed E-state index contributed by atoms with van der Waals surface area (Å²) in [6.07, 6.45) is 5.76. The maximum Gasteiger partial charge on any atom is 0.263 e. The third kappa shape index (κ3) is 4.36. The van der Waals surface area contributed by atoms with Crippen molar-refractivity contribution in [2.24, 2.45) is 0 Å². The molecule has 0 radical (unpaired) electrons. The number of nitrogens with zero attached hydrogens (tertiary/aromatic N) is 3. The molecule has 0 bridgehead atoms. The van der Waals surface area contributed by atoms with Gasteiger partial charge in [-0.05, 0) is 31.7 Å². The van der Waals surface area contributed by atoms with Gasteiger partial charge in [0.1, 0.15) is 11.4 Å². The van der Waals surface area contributed by atoms with Crippen LogP contribution >= 0.6 is 11.3 Å². The number of aromatic nitrogens is 2. The van der Waals surface area contributed by atoms with E-state index < -0.39 is 9.84 Å². The number of thiophene rings is 1. The van der Waals surface area contributed by atoms with E-state index in [0.29, 0.717) is 16.6 Å². The van der Waals surface area contributed by atoms with Crippen LogP contribution in [0.15, 0.2) is 40.8 Å². The number of rotatable bonds is 5. The monoisotopic (exact) mass is 485 g/mol. The van der Waals surface area contributed by atoms with E-state index in [1.165, 1.54) is 22.2 Å². The van der Waals surface area contributed by atoms with E-state index in [1.54, 1.807) is 4.90 Å². The summed E-state index contributed by atoms with van der Waals surface area (Å²) < 4.78 is 25.6. The molecule has 2 aliphatic rings. The smallest absolute Gasteiger partial charge is 0.263 e. The normalized spacial score (nSPS) is 20.5. The van der Waals surface area contributed by atoms with E-state index in [4.69, 9.17) is 0 Å². The highest BCUT2D eigenvalue weighted by molar-refractivity contribution is 7.91. The maximum atomic E-state index is 13.5. The van der Waals surface area contributed by atoms with Crippen LogP contribution in [0.3, 0.4) is 0 Å². The molecule has 2 fully saturated rings. The van der Waals surface area contributed by atoms with Gasteiger partial charge in [-0.1, -0.05) is 42.7 Å². The van der Waals surface area contributed by atoms with E-state index in [9.17, 15) is 18.0 Å². The molecule has 1 amide bonds. The third-order valence-corrected chi connectivity index (χ3v) is 9.47. The van der Waals surface area contributed by atoms with Crippen LogP contribution in [0, 0.1) is 6.92 Å². The minimum atomic E-state index is -3.12. The van der Waals surface area contributed by atoms with Crippen LogP contribution in [0.4, 0.5) is 0 Å². The summed E-state index contributed by atoms with van der Waals surface area (Å²) in [5, 5.41) is 2.46. The summed E-state index contributed by atoms with van der Waals surface area (Å²) in [5.74, 6) is -0.0562. The Morgan fingerprint density at radius 1 is 1.15 bits per heavy atom. The first-order chi connectivity index (χ1) is 15.8. The summed E-state index contributed by atoms with van der Waals surface area (Å²) in [7, 11) is -3.12. The molecule has 9 heteroatoms. The summed E-state index contributed by atoms with van der Waals surface area (Å²) in [6, 6.07) is 7.73. The summed E-state index contributed by atoms with van der Waals surface area (Å²) in [6.45, 7) is 1.89. The molecule has 1 aliphatic heterocycles. The molecule has 174 valence electrons. The summed E-state index contributed by atoms with van der Waals surface area (Å²) in [5.41, 5.74) is 2.67. The molecule has 0 unspecified atom stereocenters. The second kappa shape index (κ2) is 8.68. The average Bonchev–Trinajstić information content (AvgIpc) is 3.52. The van der Waals surface area contributed by atoms with E-state index >= 15 is 0 Å². The second-order valence-corrected chi connectivity index (χ2v) is 12.3. The van der Waals surface area contributed by atoms with Gasteiger partial charge in [0.25, 0.3) is 5.56 Å². The van der Waals surface area contributed by atoms with Crippen LogP contribution in [-0.2, 0) is 21.2 Å². The van der Waals surface area contributed by atoms with Gasteiger partial charge in [-0.15, -0.1) is 11.3 Å². The van der Waals surface area contributed by atoms with Gasteiger partial charge in [0.05, 0.1) is 23.2 Å². The Morgan fingerprint density at radius 3 is 2.55 bits per heavy atom. The lowest BCUT2D eigenvalue weighted by molar-refractivity contribution is -0.136. The number of amides is 1. The maximum absolute atomic E-state index is 13.5. The number of carbonyl (C=O) groups excluding carboxylic acids is 1. The SMILES string of the molecule is Cc1ccc(-c2csc3ncn(CC(=O)N(C4CCCC4)[C@H]4CCS(=O)(=O)C4)c(=O)c23)cc1. The van der Waals surface area contributed by atoms with Crippen molar-refractivity contribution in [2.75, 3.05) is 11.5 Å². The molecule has 1 saturated carbocycles. The first kappa shape index (κ1) is 22.3.